The molecule has 0 saturated carbocycles. The van der Waals surface area contributed by atoms with Gasteiger partial charge >= 0.3 is 0 Å². The van der Waals surface area contributed by atoms with Gasteiger partial charge < -0.3 is 0 Å². The number of aliphatic imine (C=N–C) groups is 1. The van der Waals surface area contributed by atoms with Gasteiger partial charge in [-0.05, 0) is 43.0 Å². The van der Waals surface area contributed by atoms with Gasteiger partial charge in [0.1, 0.15) is 0 Å². The average Bonchev–Trinajstić information content (AvgIpc) is 2.94. The third-order valence-electron chi connectivity index (χ3n) is 4.07. The Morgan fingerprint density at radius 1 is 0.864 bits per heavy atom. The first-order valence-electron chi connectivity index (χ1n) is 7.65. The Hall–Kier alpha value is -2.41. The van der Waals surface area contributed by atoms with E-state index in [1.165, 1.54) is 27.8 Å². The lowest BCUT2D eigenvalue weighted by molar-refractivity contribution is 1.32. The van der Waals surface area contributed by atoms with E-state index in [4.69, 9.17) is 4.99 Å². The maximum atomic E-state index is 4.86. The molecule has 1 aliphatic rings. The molecule has 0 amide bonds. The number of aryl methyl sites for hydroxylation is 2. The zero-order valence-electron chi connectivity index (χ0n) is 13.5. The number of hydrogen-bond acceptors (Lipinski definition) is 1. The van der Waals surface area contributed by atoms with E-state index in [0.717, 1.165) is 23.4 Å². The second-order valence-corrected chi connectivity index (χ2v) is 6.07. The first-order chi connectivity index (χ1) is 10.5. The van der Waals surface area contributed by atoms with E-state index >= 15 is 0 Å². The van der Waals surface area contributed by atoms with Crippen LogP contribution in [0.25, 0.3) is 5.57 Å². The van der Waals surface area contributed by atoms with Gasteiger partial charge in [-0.2, -0.15) is 0 Å². The Bertz CT molecular complexity index is 772. The van der Waals surface area contributed by atoms with Gasteiger partial charge in [0.05, 0.1) is 11.4 Å². The van der Waals surface area contributed by atoms with Gasteiger partial charge in [0.25, 0.3) is 0 Å². The normalized spacial score (nSPS) is 14.2. The van der Waals surface area contributed by atoms with Gasteiger partial charge in [0.2, 0.25) is 0 Å². The zero-order valence-corrected chi connectivity index (χ0v) is 13.5. The average molecular weight is 287 g/mol. The topological polar surface area (TPSA) is 12.4 Å². The number of nitrogens with zero attached hydrogens (tertiary/aromatic N) is 1. The van der Waals surface area contributed by atoms with E-state index < -0.39 is 0 Å². The van der Waals surface area contributed by atoms with Crippen LogP contribution in [0.1, 0.15) is 35.6 Å². The van der Waals surface area contributed by atoms with Crippen molar-refractivity contribution < 1.29 is 0 Å². The smallest absolute Gasteiger partial charge is 0.0698 e. The Morgan fingerprint density at radius 3 is 1.86 bits per heavy atom. The summed E-state index contributed by atoms with van der Waals surface area (Å²) in [6.07, 6.45) is 0.869. The van der Waals surface area contributed by atoms with Crippen LogP contribution in [0.5, 0.6) is 0 Å². The maximum absolute atomic E-state index is 4.86. The predicted molar refractivity (Wildman–Crippen MR) is 95.2 cm³/mol. The minimum atomic E-state index is 0.869. The Morgan fingerprint density at radius 2 is 1.36 bits per heavy atom. The molecular formula is C21H21N. The first-order valence-corrected chi connectivity index (χ1v) is 7.65. The third kappa shape index (κ3) is 2.80. The molecule has 2 aromatic carbocycles. The summed E-state index contributed by atoms with van der Waals surface area (Å²) in [7, 11) is 0. The monoisotopic (exact) mass is 287 g/mol. The second kappa shape index (κ2) is 5.76. The number of rotatable bonds is 3. The molecule has 0 saturated heterocycles. The number of benzene rings is 2. The fourth-order valence-corrected chi connectivity index (χ4v) is 2.75. The SMILES string of the molecule is C=C(C)C1=C(c2ccc(C)cc2)CC(c2ccc(C)cc2)=N1. The largest absolute Gasteiger partial charge is 0.252 e. The van der Waals surface area contributed by atoms with Crippen molar-refractivity contribution in [1.29, 1.82) is 0 Å². The highest BCUT2D eigenvalue weighted by atomic mass is 14.8. The lowest BCUT2D eigenvalue weighted by atomic mass is 9.96. The minimum absolute atomic E-state index is 0.869. The third-order valence-corrected chi connectivity index (χ3v) is 4.07. The summed E-state index contributed by atoms with van der Waals surface area (Å²) in [6, 6.07) is 17.3. The summed E-state index contributed by atoms with van der Waals surface area (Å²) in [5, 5.41) is 0. The molecule has 0 atom stereocenters. The molecule has 110 valence electrons. The molecular weight excluding hydrogens is 266 g/mol. The van der Waals surface area contributed by atoms with E-state index in [-0.39, 0.29) is 0 Å². The van der Waals surface area contributed by atoms with Crippen molar-refractivity contribution >= 4 is 11.3 Å². The fourth-order valence-electron chi connectivity index (χ4n) is 2.75. The summed E-state index contributed by atoms with van der Waals surface area (Å²) < 4.78 is 0. The molecule has 0 spiro atoms. The van der Waals surface area contributed by atoms with Crippen molar-refractivity contribution in [3.05, 3.63) is 88.6 Å². The van der Waals surface area contributed by atoms with Crippen molar-refractivity contribution in [3.63, 3.8) is 0 Å². The molecule has 3 rings (SSSR count). The van der Waals surface area contributed by atoms with Gasteiger partial charge in [-0.25, -0.2) is 0 Å². The van der Waals surface area contributed by atoms with Gasteiger partial charge in [0, 0.05) is 6.42 Å². The van der Waals surface area contributed by atoms with Crippen molar-refractivity contribution in [2.45, 2.75) is 27.2 Å². The van der Waals surface area contributed by atoms with Crippen LogP contribution in [0.3, 0.4) is 0 Å². The Balaban J connectivity index is 1.98. The number of allylic oxidation sites excluding steroid dienone is 2. The predicted octanol–water partition coefficient (Wildman–Crippen LogP) is 5.48. The summed E-state index contributed by atoms with van der Waals surface area (Å²) in [6.45, 7) is 10.4. The van der Waals surface area contributed by atoms with Crippen LogP contribution in [0, 0.1) is 13.8 Å². The van der Waals surface area contributed by atoms with Crippen LogP contribution >= 0.6 is 0 Å². The molecule has 0 aromatic heterocycles. The molecule has 22 heavy (non-hydrogen) atoms. The Labute approximate surface area is 132 Å². The maximum Gasteiger partial charge on any atom is 0.0698 e. The molecule has 0 bridgehead atoms. The molecule has 2 aromatic rings. The molecule has 1 aliphatic heterocycles. The molecule has 0 radical (unpaired) electrons. The van der Waals surface area contributed by atoms with Gasteiger partial charge in [-0.3, -0.25) is 4.99 Å². The van der Waals surface area contributed by atoms with E-state index in [1.807, 2.05) is 6.92 Å². The van der Waals surface area contributed by atoms with Crippen LogP contribution in [0.4, 0.5) is 0 Å². The number of hydrogen-bond donors (Lipinski definition) is 0. The highest BCUT2D eigenvalue weighted by molar-refractivity contribution is 6.10. The van der Waals surface area contributed by atoms with E-state index in [9.17, 15) is 0 Å². The molecule has 1 heteroatoms. The minimum Gasteiger partial charge on any atom is -0.252 e. The summed E-state index contributed by atoms with van der Waals surface area (Å²) in [4.78, 5) is 4.86. The van der Waals surface area contributed by atoms with Gasteiger partial charge in [-0.15, -0.1) is 0 Å². The summed E-state index contributed by atoms with van der Waals surface area (Å²) in [5.74, 6) is 0. The van der Waals surface area contributed by atoms with Crippen molar-refractivity contribution in [2.24, 2.45) is 4.99 Å². The lowest BCUT2D eigenvalue weighted by Gasteiger charge is -2.07. The van der Waals surface area contributed by atoms with Crippen LogP contribution in [-0.2, 0) is 0 Å². The van der Waals surface area contributed by atoms with E-state index in [2.05, 4.69) is 69.0 Å². The van der Waals surface area contributed by atoms with Crippen molar-refractivity contribution in [3.8, 4) is 0 Å². The van der Waals surface area contributed by atoms with Gasteiger partial charge in [-0.1, -0.05) is 66.2 Å². The summed E-state index contributed by atoms with van der Waals surface area (Å²) in [5.41, 5.74) is 9.47. The van der Waals surface area contributed by atoms with Crippen molar-refractivity contribution in [1.82, 2.24) is 0 Å². The molecule has 1 nitrogen and oxygen atoms in total. The van der Waals surface area contributed by atoms with Crippen LogP contribution in [-0.4, -0.2) is 5.71 Å². The quantitative estimate of drug-likeness (QED) is 0.708. The molecule has 0 unspecified atom stereocenters. The van der Waals surface area contributed by atoms with Crippen molar-refractivity contribution in [2.75, 3.05) is 0 Å². The van der Waals surface area contributed by atoms with Gasteiger partial charge in [0.15, 0.2) is 0 Å². The summed E-state index contributed by atoms with van der Waals surface area (Å²) >= 11 is 0. The van der Waals surface area contributed by atoms with Crippen LogP contribution in [0.2, 0.25) is 0 Å². The molecule has 1 heterocycles. The van der Waals surface area contributed by atoms with E-state index in [0.29, 0.717) is 0 Å². The fraction of sp³-hybridized carbons (Fsp3) is 0.190. The highest BCUT2D eigenvalue weighted by Crippen LogP contribution is 2.34. The highest BCUT2D eigenvalue weighted by Gasteiger charge is 2.20. The van der Waals surface area contributed by atoms with Crippen LogP contribution < -0.4 is 0 Å². The second-order valence-electron chi connectivity index (χ2n) is 6.07. The van der Waals surface area contributed by atoms with Crippen LogP contribution in [0.15, 0.2) is 71.4 Å². The standard InChI is InChI=1S/C21H21N/c1-14(2)21-19(17-9-5-15(3)6-10-17)13-20(22-21)18-11-7-16(4)8-12-18/h5-12H,1,13H2,2-4H3. The lowest BCUT2D eigenvalue weighted by Crippen LogP contribution is -1.98. The first kappa shape index (κ1) is 14.5. The molecule has 0 N–H and O–H groups in total. The van der Waals surface area contributed by atoms with E-state index in [1.54, 1.807) is 0 Å². The molecule has 0 aliphatic carbocycles. The zero-order chi connectivity index (χ0) is 15.7. The Kier molecular flexibility index (Phi) is 3.81. The molecule has 0 fully saturated rings.